The zero-order valence-corrected chi connectivity index (χ0v) is 7.04. The smallest absolute Gasteiger partial charge is 0.180 e. The van der Waals surface area contributed by atoms with Crippen LogP contribution in [0.25, 0.3) is 0 Å². The predicted octanol–water partition coefficient (Wildman–Crippen LogP) is 2.39. The maximum absolute atomic E-state index is 7.06. The largest absolute Gasteiger partial charge is 0.484 e. The number of unbranched alkanes of at least 4 members (excludes halogenated alkanes) is 1. The van der Waals surface area contributed by atoms with Crippen LogP contribution in [0.4, 0.5) is 0 Å². The van der Waals surface area contributed by atoms with Gasteiger partial charge in [0, 0.05) is 6.42 Å². The third-order valence-electron chi connectivity index (χ3n) is 1.06. The lowest BCUT2D eigenvalue weighted by Gasteiger charge is -1.98. The average molecular weight is 164 g/mol. The van der Waals surface area contributed by atoms with Crippen LogP contribution in [0.15, 0.2) is 12.7 Å². The fourth-order valence-corrected chi connectivity index (χ4v) is 0.509. The van der Waals surface area contributed by atoms with Crippen molar-refractivity contribution in [3.05, 3.63) is 12.7 Å². The molecule has 0 amide bonds. The highest BCUT2D eigenvalue weighted by Gasteiger charge is 1.91. The summed E-state index contributed by atoms with van der Waals surface area (Å²) < 4.78 is 4.65. The molecule has 0 atom stereocenters. The van der Waals surface area contributed by atoms with Gasteiger partial charge in [-0.3, -0.25) is 5.41 Å². The molecule has 0 saturated heterocycles. The van der Waals surface area contributed by atoms with Gasteiger partial charge in [-0.1, -0.05) is 6.08 Å². The minimum absolute atomic E-state index is 0. The summed E-state index contributed by atoms with van der Waals surface area (Å²) in [6, 6.07) is 0. The Morgan fingerprint density at radius 3 is 2.70 bits per heavy atom. The number of hydrogen-bond donors (Lipinski definition) is 1. The van der Waals surface area contributed by atoms with Crippen molar-refractivity contribution < 1.29 is 4.74 Å². The first kappa shape index (κ1) is 12.2. The molecule has 2 nitrogen and oxygen atoms in total. The fourth-order valence-electron chi connectivity index (χ4n) is 0.509. The van der Waals surface area contributed by atoms with Crippen molar-refractivity contribution in [3.63, 3.8) is 0 Å². The molecule has 0 aromatic carbocycles. The van der Waals surface area contributed by atoms with E-state index in [1.54, 1.807) is 0 Å². The third-order valence-corrected chi connectivity index (χ3v) is 1.06. The molecule has 3 heteroatoms. The molecule has 60 valence electrons. The van der Waals surface area contributed by atoms with Crippen molar-refractivity contribution in [2.24, 2.45) is 0 Å². The standard InChI is InChI=1S/C7H13NO.ClH/c1-3-4-5-6-7(8)9-2;/h3,8H,1,4-6H2,2H3;1H. The molecule has 0 fully saturated rings. The normalized spacial score (nSPS) is 7.70. The van der Waals surface area contributed by atoms with Crippen molar-refractivity contribution in [2.75, 3.05) is 7.11 Å². The Hall–Kier alpha value is -0.500. The first-order valence-electron chi connectivity index (χ1n) is 3.03. The van der Waals surface area contributed by atoms with Gasteiger partial charge in [0.1, 0.15) is 0 Å². The highest BCUT2D eigenvalue weighted by Crippen LogP contribution is 1.96. The van der Waals surface area contributed by atoms with Crippen LogP contribution in [-0.2, 0) is 4.74 Å². The van der Waals surface area contributed by atoms with E-state index in [0.717, 1.165) is 19.3 Å². The van der Waals surface area contributed by atoms with Gasteiger partial charge in [-0.15, -0.1) is 19.0 Å². The highest BCUT2D eigenvalue weighted by molar-refractivity contribution is 5.85. The van der Waals surface area contributed by atoms with Gasteiger partial charge in [0.2, 0.25) is 0 Å². The Labute approximate surface area is 68.2 Å². The molecule has 0 unspecified atom stereocenters. The SMILES string of the molecule is C=CCCCC(=N)OC.Cl. The van der Waals surface area contributed by atoms with E-state index >= 15 is 0 Å². The summed E-state index contributed by atoms with van der Waals surface area (Å²) in [5.41, 5.74) is 0. The van der Waals surface area contributed by atoms with E-state index in [0.29, 0.717) is 5.90 Å². The summed E-state index contributed by atoms with van der Waals surface area (Å²) in [7, 11) is 1.52. The van der Waals surface area contributed by atoms with Gasteiger partial charge in [0.15, 0.2) is 5.90 Å². The maximum atomic E-state index is 7.06. The summed E-state index contributed by atoms with van der Waals surface area (Å²) in [5, 5.41) is 7.06. The molecule has 0 aliphatic heterocycles. The Bertz CT molecular complexity index is 104. The van der Waals surface area contributed by atoms with Gasteiger partial charge >= 0.3 is 0 Å². The van der Waals surface area contributed by atoms with Crippen molar-refractivity contribution in [2.45, 2.75) is 19.3 Å². The van der Waals surface area contributed by atoms with Gasteiger partial charge in [0.05, 0.1) is 7.11 Å². The zero-order valence-electron chi connectivity index (χ0n) is 6.22. The zero-order chi connectivity index (χ0) is 7.11. The van der Waals surface area contributed by atoms with E-state index in [-0.39, 0.29) is 12.4 Å². The number of nitrogens with one attached hydrogen (secondary N) is 1. The topological polar surface area (TPSA) is 33.1 Å². The monoisotopic (exact) mass is 163 g/mol. The van der Waals surface area contributed by atoms with Crippen LogP contribution >= 0.6 is 12.4 Å². The van der Waals surface area contributed by atoms with Crippen LogP contribution in [-0.4, -0.2) is 13.0 Å². The van der Waals surface area contributed by atoms with Gasteiger partial charge in [0.25, 0.3) is 0 Å². The van der Waals surface area contributed by atoms with E-state index in [4.69, 9.17) is 5.41 Å². The van der Waals surface area contributed by atoms with Crippen LogP contribution in [0.3, 0.4) is 0 Å². The van der Waals surface area contributed by atoms with E-state index in [9.17, 15) is 0 Å². The minimum atomic E-state index is 0. The molecule has 10 heavy (non-hydrogen) atoms. The molecule has 0 aliphatic rings. The van der Waals surface area contributed by atoms with Crippen LogP contribution in [0, 0.1) is 5.41 Å². The molecule has 0 aromatic rings. The van der Waals surface area contributed by atoms with E-state index in [2.05, 4.69) is 11.3 Å². The Morgan fingerprint density at radius 1 is 1.70 bits per heavy atom. The lowest BCUT2D eigenvalue weighted by molar-refractivity contribution is 0.384. The summed E-state index contributed by atoms with van der Waals surface area (Å²) in [5.74, 6) is 0.358. The first-order valence-corrected chi connectivity index (χ1v) is 3.03. The van der Waals surface area contributed by atoms with Gasteiger partial charge in [-0.2, -0.15) is 0 Å². The Kier molecular flexibility index (Phi) is 10.4. The molecular weight excluding hydrogens is 150 g/mol. The molecule has 0 rings (SSSR count). The molecule has 0 aromatic heterocycles. The third kappa shape index (κ3) is 7.50. The van der Waals surface area contributed by atoms with E-state index in [1.807, 2.05) is 6.08 Å². The number of ether oxygens (including phenoxy) is 1. The fraction of sp³-hybridized carbons (Fsp3) is 0.571. The second kappa shape index (κ2) is 8.50. The summed E-state index contributed by atoms with van der Waals surface area (Å²) in [4.78, 5) is 0. The lowest BCUT2D eigenvalue weighted by Crippen LogP contribution is -1.97. The lowest BCUT2D eigenvalue weighted by atomic mass is 10.2. The second-order valence-corrected chi connectivity index (χ2v) is 1.81. The van der Waals surface area contributed by atoms with Crippen molar-refractivity contribution in [1.82, 2.24) is 0 Å². The molecule has 0 bridgehead atoms. The average Bonchev–Trinajstić information content (AvgIpc) is 1.89. The van der Waals surface area contributed by atoms with Crippen LogP contribution in [0.1, 0.15) is 19.3 Å². The van der Waals surface area contributed by atoms with Crippen LogP contribution < -0.4 is 0 Å². The molecule has 1 N–H and O–H groups in total. The molecule has 0 aliphatic carbocycles. The Balaban J connectivity index is 0. The number of hydrogen-bond acceptors (Lipinski definition) is 2. The maximum Gasteiger partial charge on any atom is 0.180 e. The molecule has 0 saturated carbocycles. The van der Waals surface area contributed by atoms with Gasteiger partial charge in [-0.05, 0) is 12.8 Å². The van der Waals surface area contributed by atoms with Crippen molar-refractivity contribution >= 4 is 18.3 Å². The predicted molar refractivity (Wildman–Crippen MR) is 46.0 cm³/mol. The number of halogens is 1. The van der Waals surface area contributed by atoms with Gasteiger partial charge in [-0.25, -0.2) is 0 Å². The quantitative estimate of drug-likeness (QED) is 0.294. The van der Waals surface area contributed by atoms with E-state index < -0.39 is 0 Å². The van der Waals surface area contributed by atoms with Crippen LogP contribution in [0.2, 0.25) is 0 Å². The van der Waals surface area contributed by atoms with E-state index in [1.165, 1.54) is 7.11 Å². The molecule has 0 radical (unpaired) electrons. The van der Waals surface area contributed by atoms with Crippen molar-refractivity contribution in [3.8, 4) is 0 Å². The van der Waals surface area contributed by atoms with Crippen molar-refractivity contribution in [1.29, 1.82) is 5.41 Å². The summed E-state index contributed by atoms with van der Waals surface area (Å²) in [6.45, 7) is 3.57. The Morgan fingerprint density at radius 2 is 2.30 bits per heavy atom. The first-order chi connectivity index (χ1) is 4.31. The number of methoxy groups -OCH3 is 1. The summed E-state index contributed by atoms with van der Waals surface area (Å²) >= 11 is 0. The number of allylic oxidation sites excluding steroid dienone is 1. The van der Waals surface area contributed by atoms with Crippen LogP contribution in [0.5, 0.6) is 0 Å². The van der Waals surface area contributed by atoms with Gasteiger partial charge < -0.3 is 4.74 Å². The summed E-state index contributed by atoms with van der Waals surface area (Å²) in [6.07, 6.45) is 4.51. The molecular formula is C7H14ClNO. The highest BCUT2D eigenvalue weighted by atomic mass is 35.5. The number of rotatable bonds is 4. The molecule has 0 heterocycles. The molecule has 0 spiro atoms. The minimum Gasteiger partial charge on any atom is -0.484 e. The second-order valence-electron chi connectivity index (χ2n) is 1.81.